The van der Waals surface area contributed by atoms with Gasteiger partial charge in [0.2, 0.25) is 5.91 Å². The number of hydrogen-bond donors (Lipinski definition) is 0. The summed E-state index contributed by atoms with van der Waals surface area (Å²) in [5, 5.41) is 0. The molecule has 2 fully saturated rings. The Kier molecular flexibility index (Phi) is 6.86. The van der Waals surface area contributed by atoms with Crippen LogP contribution in [0.5, 0.6) is 0 Å². The van der Waals surface area contributed by atoms with Crippen LogP contribution in [0.25, 0.3) is 0 Å². The first-order valence-corrected chi connectivity index (χ1v) is 8.57. The molecule has 2 aliphatic rings. The predicted molar refractivity (Wildman–Crippen MR) is 88.9 cm³/mol. The highest BCUT2D eigenvalue weighted by molar-refractivity contribution is 5.78. The fourth-order valence-corrected chi connectivity index (χ4v) is 3.20. The van der Waals surface area contributed by atoms with Crippen LogP contribution < -0.4 is 0 Å². The maximum Gasteiger partial charge on any atom is 0.237 e. The summed E-state index contributed by atoms with van der Waals surface area (Å²) in [7, 11) is 0. The van der Waals surface area contributed by atoms with Crippen LogP contribution in [0.4, 0.5) is 0 Å². The molecule has 2 heterocycles. The van der Waals surface area contributed by atoms with Gasteiger partial charge in [-0.3, -0.25) is 14.6 Å². The molecular formula is C17H31N3O2. The van der Waals surface area contributed by atoms with E-state index in [0.717, 1.165) is 51.4 Å². The molecule has 2 rings (SSSR count). The summed E-state index contributed by atoms with van der Waals surface area (Å²) in [4.78, 5) is 19.0. The van der Waals surface area contributed by atoms with Gasteiger partial charge in [0.05, 0.1) is 12.6 Å². The Morgan fingerprint density at radius 2 is 1.95 bits per heavy atom. The van der Waals surface area contributed by atoms with Crippen molar-refractivity contribution in [2.24, 2.45) is 0 Å². The largest absolute Gasteiger partial charge is 0.377 e. The first-order valence-electron chi connectivity index (χ1n) is 8.57. The third-order valence-corrected chi connectivity index (χ3v) is 4.50. The van der Waals surface area contributed by atoms with Crippen molar-refractivity contribution in [3.05, 3.63) is 12.2 Å². The van der Waals surface area contributed by atoms with Crippen molar-refractivity contribution in [1.82, 2.24) is 14.7 Å². The SMILES string of the molecule is C=C(C)CN(CC)C(=O)CN1CCN(CC2CCCO2)CC1. The van der Waals surface area contributed by atoms with Gasteiger partial charge in [-0.15, -0.1) is 0 Å². The normalized spacial score (nSPS) is 23.6. The van der Waals surface area contributed by atoms with E-state index in [-0.39, 0.29) is 5.91 Å². The molecule has 22 heavy (non-hydrogen) atoms. The minimum Gasteiger partial charge on any atom is -0.377 e. The van der Waals surface area contributed by atoms with Crippen LogP contribution in [0.1, 0.15) is 26.7 Å². The fraction of sp³-hybridized carbons (Fsp3) is 0.824. The first kappa shape index (κ1) is 17.4. The highest BCUT2D eigenvalue weighted by Gasteiger charge is 2.24. The standard InChI is InChI=1S/C17H31N3O2/c1-4-20(12-15(2)3)17(21)14-19-9-7-18(8-10-19)13-16-6-5-11-22-16/h16H,2,4-14H2,1,3H3. The predicted octanol–water partition coefficient (Wildman–Crippen LogP) is 1.21. The third-order valence-electron chi connectivity index (χ3n) is 4.50. The van der Waals surface area contributed by atoms with Gasteiger partial charge in [-0.1, -0.05) is 12.2 Å². The molecule has 0 spiro atoms. The number of piperazine rings is 1. The molecule has 126 valence electrons. The molecule has 2 aliphatic heterocycles. The second-order valence-electron chi connectivity index (χ2n) is 6.58. The van der Waals surface area contributed by atoms with Gasteiger partial charge in [0.1, 0.15) is 0 Å². The average molecular weight is 309 g/mol. The molecule has 2 saturated heterocycles. The van der Waals surface area contributed by atoms with Crippen LogP contribution in [0.15, 0.2) is 12.2 Å². The summed E-state index contributed by atoms with van der Waals surface area (Å²) >= 11 is 0. The number of rotatable bonds is 7. The minimum absolute atomic E-state index is 0.220. The third kappa shape index (κ3) is 5.38. The molecule has 0 aromatic heterocycles. The monoisotopic (exact) mass is 309 g/mol. The van der Waals surface area contributed by atoms with E-state index in [0.29, 0.717) is 19.2 Å². The Bertz CT molecular complexity index is 372. The Hall–Kier alpha value is -0.910. The summed E-state index contributed by atoms with van der Waals surface area (Å²) in [5.41, 5.74) is 1.04. The lowest BCUT2D eigenvalue weighted by Crippen LogP contribution is -2.51. The highest BCUT2D eigenvalue weighted by Crippen LogP contribution is 2.14. The molecule has 0 bridgehead atoms. The van der Waals surface area contributed by atoms with Gasteiger partial charge >= 0.3 is 0 Å². The summed E-state index contributed by atoms with van der Waals surface area (Å²) < 4.78 is 5.71. The van der Waals surface area contributed by atoms with Crippen LogP contribution in [0.2, 0.25) is 0 Å². The van der Waals surface area contributed by atoms with Crippen LogP contribution in [0, 0.1) is 0 Å². The molecule has 1 amide bonds. The average Bonchev–Trinajstić information content (AvgIpc) is 2.99. The minimum atomic E-state index is 0.220. The molecule has 5 heteroatoms. The molecule has 0 radical (unpaired) electrons. The Morgan fingerprint density at radius 1 is 1.27 bits per heavy atom. The fourth-order valence-electron chi connectivity index (χ4n) is 3.20. The number of carbonyl (C=O) groups is 1. The van der Waals surface area contributed by atoms with Gasteiger partial charge < -0.3 is 9.64 Å². The number of likely N-dealkylation sites (N-methyl/N-ethyl adjacent to an activating group) is 1. The Balaban J connectivity index is 1.69. The van der Waals surface area contributed by atoms with Gasteiger partial charge in [-0.05, 0) is 26.7 Å². The molecule has 0 N–H and O–H groups in total. The number of hydrogen-bond acceptors (Lipinski definition) is 4. The zero-order valence-electron chi connectivity index (χ0n) is 14.2. The van der Waals surface area contributed by atoms with E-state index < -0.39 is 0 Å². The van der Waals surface area contributed by atoms with Crippen molar-refractivity contribution >= 4 is 5.91 Å². The summed E-state index contributed by atoms with van der Waals surface area (Å²) in [6, 6.07) is 0. The number of amides is 1. The molecule has 1 unspecified atom stereocenters. The molecule has 0 aromatic rings. The zero-order chi connectivity index (χ0) is 15.9. The summed E-state index contributed by atoms with van der Waals surface area (Å²) in [6.45, 7) is 15.9. The Labute approximate surface area is 134 Å². The lowest BCUT2D eigenvalue weighted by atomic mass is 10.2. The van der Waals surface area contributed by atoms with E-state index in [1.54, 1.807) is 0 Å². The van der Waals surface area contributed by atoms with Crippen LogP contribution in [-0.4, -0.2) is 85.7 Å². The summed E-state index contributed by atoms with van der Waals surface area (Å²) in [6.07, 6.45) is 2.83. The van der Waals surface area contributed by atoms with E-state index in [2.05, 4.69) is 16.4 Å². The van der Waals surface area contributed by atoms with E-state index in [4.69, 9.17) is 4.74 Å². The smallest absolute Gasteiger partial charge is 0.237 e. The van der Waals surface area contributed by atoms with E-state index in [1.807, 2.05) is 18.7 Å². The number of carbonyl (C=O) groups excluding carboxylic acids is 1. The van der Waals surface area contributed by atoms with Crippen molar-refractivity contribution in [3.63, 3.8) is 0 Å². The number of nitrogens with zero attached hydrogens (tertiary/aromatic N) is 3. The van der Waals surface area contributed by atoms with E-state index in [1.165, 1.54) is 12.8 Å². The first-order chi connectivity index (χ1) is 10.6. The molecular weight excluding hydrogens is 278 g/mol. The maximum absolute atomic E-state index is 12.3. The lowest BCUT2D eigenvalue weighted by Gasteiger charge is -2.36. The van der Waals surface area contributed by atoms with Gasteiger partial charge in [0, 0.05) is 52.4 Å². The van der Waals surface area contributed by atoms with Gasteiger partial charge in [-0.25, -0.2) is 0 Å². The maximum atomic E-state index is 12.3. The van der Waals surface area contributed by atoms with Crippen molar-refractivity contribution in [3.8, 4) is 0 Å². The molecule has 0 aliphatic carbocycles. The Morgan fingerprint density at radius 3 is 2.50 bits per heavy atom. The quantitative estimate of drug-likeness (QED) is 0.662. The van der Waals surface area contributed by atoms with Crippen molar-refractivity contribution in [1.29, 1.82) is 0 Å². The van der Waals surface area contributed by atoms with Crippen LogP contribution in [-0.2, 0) is 9.53 Å². The van der Waals surface area contributed by atoms with Crippen molar-refractivity contribution in [2.45, 2.75) is 32.8 Å². The molecule has 0 aromatic carbocycles. The second kappa shape index (κ2) is 8.65. The van der Waals surface area contributed by atoms with Crippen LogP contribution in [0.3, 0.4) is 0 Å². The van der Waals surface area contributed by atoms with Gasteiger partial charge in [0.25, 0.3) is 0 Å². The zero-order valence-corrected chi connectivity index (χ0v) is 14.2. The van der Waals surface area contributed by atoms with Crippen molar-refractivity contribution < 1.29 is 9.53 Å². The lowest BCUT2D eigenvalue weighted by molar-refractivity contribution is -0.132. The molecule has 1 atom stereocenters. The van der Waals surface area contributed by atoms with Crippen LogP contribution >= 0.6 is 0 Å². The number of ether oxygens (including phenoxy) is 1. The van der Waals surface area contributed by atoms with Crippen molar-refractivity contribution in [2.75, 3.05) is 59.0 Å². The van der Waals surface area contributed by atoms with E-state index >= 15 is 0 Å². The topological polar surface area (TPSA) is 36.0 Å². The highest BCUT2D eigenvalue weighted by atomic mass is 16.5. The van der Waals surface area contributed by atoms with Gasteiger partial charge in [-0.2, -0.15) is 0 Å². The summed E-state index contributed by atoms with van der Waals surface area (Å²) in [5.74, 6) is 0.220. The van der Waals surface area contributed by atoms with Gasteiger partial charge in [0.15, 0.2) is 0 Å². The molecule has 0 saturated carbocycles. The second-order valence-corrected chi connectivity index (χ2v) is 6.58. The van der Waals surface area contributed by atoms with E-state index in [9.17, 15) is 4.79 Å². The molecule has 5 nitrogen and oxygen atoms in total.